The maximum Gasteiger partial charge on any atom is 0.149 e. The van der Waals surface area contributed by atoms with E-state index in [4.69, 9.17) is 5.73 Å². The fourth-order valence-corrected chi connectivity index (χ4v) is 3.44. The standard InChI is InChI=1S/C18H25N3O/c1-2-16(9-19)21-17-8-14(7-15-10-20-18(15)17)13-5-3-12(11-22)4-6-13/h3-5,8,10-11,13-14,16,18,20-21H,2,6-7,9,19H2,1H3. The quantitative estimate of drug-likeness (QED) is 0.654. The number of nitrogens with one attached hydrogen (secondary N) is 2. The molecule has 0 saturated heterocycles. The summed E-state index contributed by atoms with van der Waals surface area (Å²) in [5, 5.41) is 6.99. The first-order valence-corrected chi connectivity index (χ1v) is 8.22. The molecule has 4 N–H and O–H groups in total. The summed E-state index contributed by atoms with van der Waals surface area (Å²) in [6, 6.07) is 0.683. The van der Waals surface area contributed by atoms with Gasteiger partial charge >= 0.3 is 0 Å². The minimum Gasteiger partial charge on any atom is -0.383 e. The first-order valence-electron chi connectivity index (χ1n) is 8.22. The molecule has 0 aromatic rings. The van der Waals surface area contributed by atoms with E-state index in [0.29, 0.717) is 30.5 Å². The van der Waals surface area contributed by atoms with Crippen LogP contribution in [0.3, 0.4) is 0 Å². The lowest BCUT2D eigenvalue weighted by molar-refractivity contribution is -0.104. The molecule has 0 amide bonds. The first kappa shape index (κ1) is 15.1. The third-order valence-electron chi connectivity index (χ3n) is 4.98. The zero-order valence-electron chi connectivity index (χ0n) is 13.1. The Hall–Kier alpha value is -1.81. The molecule has 1 aliphatic heterocycles. The van der Waals surface area contributed by atoms with Crippen LogP contribution in [0.25, 0.3) is 0 Å². The van der Waals surface area contributed by atoms with Crippen molar-refractivity contribution in [3.8, 4) is 0 Å². The van der Waals surface area contributed by atoms with E-state index in [2.05, 4.69) is 35.9 Å². The molecule has 0 aromatic carbocycles. The van der Waals surface area contributed by atoms with Crippen molar-refractivity contribution < 1.29 is 4.79 Å². The van der Waals surface area contributed by atoms with E-state index in [-0.39, 0.29) is 0 Å². The molecule has 3 aliphatic rings. The van der Waals surface area contributed by atoms with Gasteiger partial charge in [0.05, 0.1) is 6.04 Å². The van der Waals surface area contributed by atoms with Crippen LogP contribution in [0.2, 0.25) is 0 Å². The lowest BCUT2D eigenvalue weighted by atomic mass is 9.74. The maximum atomic E-state index is 10.8. The van der Waals surface area contributed by atoms with Gasteiger partial charge in [-0.15, -0.1) is 0 Å². The highest BCUT2D eigenvalue weighted by atomic mass is 16.1. The fourth-order valence-electron chi connectivity index (χ4n) is 3.44. The van der Waals surface area contributed by atoms with E-state index in [1.54, 1.807) is 0 Å². The number of nitrogens with two attached hydrogens (primary N) is 1. The number of carbonyl (C=O) groups is 1. The molecule has 22 heavy (non-hydrogen) atoms. The number of rotatable bonds is 6. The minimum absolute atomic E-state index is 0.331. The molecule has 0 aromatic heterocycles. The molecule has 0 saturated carbocycles. The summed E-state index contributed by atoms with van der Waals surface area (Å²) in [6.45, 7) is 2.81. The second-order valence-electron chi connectivity index (χ2n) is 6.37. The van der Waals surface area contributed by atoms with Crippen LogP contribution in [0.5, 0.6) is 0 Å². The Balaban J connectivity index is 1.74. The SMILES string of the molecule is CCC(CN)NC1=CC(C2C=CC(C=O)=CC2)CC2=CNC21. The van der Waals surface area contributed by atoms with Crippen molar-refractivity contribution in [2.24, 2.45) is 17.6 Å². The van der Waals surface area contributed by atoms with Gasteiger partial charge in [0.2, 0.25) is 0 Å². The molecule has 4 atom stereocenters. The molecule has 4 nitrogen and oxygen atoms in total. The molecule has 0 fully saturated rings. The Kier molecular flexibility index (Phi) is 4.48. The molecular weight excluding hydrogens is 274 g/mol. The van der Waals surface area contributed by atoms with Crippen molar-refractivity contribution in [2.75, 3.05) is 6.54 Å². The number of allylic oxidation sites excluding steroid dienone is 5. The summed E-state index contributed by atoms with van der Waals surface area (Å²) in [4.78, 5) is 10.8. The zero-order chi connectivity index (χ0) is 15.5. The summed E-state index contributed by atoms with van der Waals surface area (Å²) in [6.07, 6.45) is 14.7. The van der Waals surface area contributed by atoms with E-state index in [0.717, 1.165) is 31.1 Å². The van der Waals surface area contributed by atoms with Crippen molar-refractivity contribution in [3.05, 3.63) is 47.3 Å². The van der Waals surface area contributed by atoms with Gasteiger partial charge in [-0.25, -0.2) is 0 Å². The number of carbonyl (C=O) groups excluding carboxylic acids is 1. The normalized spacial score (nSPS) is 30.8. The Bertz CT molecular complexity index is 555. The fraction of sp³-hybridized carbons (Fsp3) is 0.500. The average Bonchev–Trinajstić information content (AvgIpc) is 2.54. The highest BCUT2D eigenvalue weighted by Gasteiger charge is 2.34. The van der Waals surface area contributed by atoms with Crippen molar-refractivity contribution >= 4 is 6.29 Å². The monoisotopic (exact) mass is 299 g/mol. The second kappa shape index (κ2) is 6.53. The Morgan fingerprint density at radius 2 is 2.36 bits per heavy atom. The van der Waals surface area contributed by atoms with Gasteiger partial charge in [-0.1, -0.05) is 31.2 Å². The molecule has 118 valence electrons. The largest absolute Gasteiger partial charge is 0.383 e. The van der Waals surface area contributed by atoms with Gasteiger partial charge in [0.1, 0.15) is 6.29 Å². The van der Waals surface area contributed by atoms with Gasteiger partial charge in [0.15, 0.2) is 0 Å². The molecular formula is C18H25N3O. The van der Waals surface area contributed by atoms with Crippen molar-refractivity contribution in [1.82, 2.24) is 10.6 Å². The molecule has 3 rings (SSSR count). The van der Waals surface area contributed by atoms with Gasteiger partial charge in [0, 0.05) is 23.9 Å². The average molecular weight is 299 g/mol. The van der Waals surface area contributed by atoms with Gasteiger partial charge in [-0.2, -0.15) is 0 Å². The van der Waals surface area contributed by atoms with Crippen LogP contribution < -0.4 is 16.4 Å². The topological polar surface area (TPSA) is 67.1 Å². The third kappa shape index (κ3) is 2.88. The predicted molar refractivity (Wildman–Crippen MR) is 88.9 cm³/mol. The van der Waals surface area contributed by atoms with Gasteiger partial charge in [-0.3, -0.25) is 4.79 Å². The highest BCUT2D eigenvalue weighted by Crippen LogP contribution is 2.38. The van der Waals surface area contributed by atoms with Crippen LogP contribution >= 0.6 is 0 Å². The molecule has 0 spiro atoms. The van der Waals surface area contributed by atoms with Gasteiger partial charge in [0.25, 0.3) is 0 Å². The van der Waals surface area contributed by atoms with E-state index in [1.807, 2.05) is 12.2 Å². The molecule has 0 bridgehead atoms. The van der Waals surface area contributed by atoms with Gasteiger partial charge < -0.3 is 16.4 Å². The van der Waals surface area contributed by atoms with E-state index in [1.165, 1.54) is 11.3 Å². The molecule has 4 heteroatoms. The summed E-state index contributed by atoms with van der Waals surface area (Å²) < 4.78 is 0. The molecule has 2 aliphatic carbocycles. The lowest BCUT2D eigenvalue weighted by Gasteiger charge is -2.41. The number of aldehydes is 1. The predicted octanol–water partition coefficient (Wildman–Crippen LogP) is 1.77. The van der Waals surface area contributed by atoms with E-state index >= 15 is 0 Å². The Morgan fingerprint density at radius 1 is 1.50 bits per heavy atom. The number of hydrogen-bond donors (Lipinski definition) is 3. The number of hydrogen-bond acceptors (Lipinski definition) is 4. The first-order chi connectivity index (χ1) is 10.7. The summed E-state index contributed by atoms with van der Waals surface area (Å²) in [5.41, 5.74) is 9.37. The van der Waals surface area contributed by atoms with Crippen LogP contribution in [-0.2, 0) is 4.79 Å². The van der Waals surface area contributed by atoms with E-state index < -0.39 is 0 Å². The van der Waals surface area contributed by atoms with Crippen molar-refractivity contribution in [2.45, 2.75) is 38.3 Å². The van der Waals surface area contributed by atoms with Crippen LogP contribution in [0, 0.1) is 11.8 Å². The number of fused-ring (bicyclic) bond motifs is 1. The second-order valence-corrected chi connectivity index (χ2v) is 6.37. The van der Waals surface area contributed by atoms with Gasteiger partial charge in [-0.05, 0) is 42.9 Å². The summed E-state index contributed by atoms with van der Waals surface area (Å²) in [7, 11) is 0. The van der Waals surface area contributed by atoms with Crippen LogP contribution in [0.4, 0.5) is 0 Å². The minimum atomic E-state index is 0.331. The van der Waals surface area contributed by atoms with Crippen molar-refractivity contribution in [3.63, 3.8) is 0 Å². The molecule has 4 unspecified atom stereocenters. The third-order valence-corrected chi connectivity index (χ3v) is 4.98. The van der Waals surface area contributed by atoms with Crippen LogP contribution in [-0.4, -0.2) is 24.9 Å². The van der Waals surface area contributed by atoms with E-state index in [9.17, 15) is 4.79 Å². The smallest absolute Gasteiger partial charge is 0.149 e. The highest BCUT2D eigenvalue weighted by molar-refractivity contribution is 5.77. The van der Waals surface area contributed by atoms with Crippen LogP contribution in [0.15, 0.2) is 47.3 Å². The Morgan fingerprint density at radius 3 is 2.91 bits per heavy atom. The Labute approximate surface area is 132 Å². The maximum absolute atomic E-state index is 10.8. The molecule has 0 radical (unpaired) electrons. The van der Waals surface area contributed by atoms with Crippen molar-refractivity contribution in [1.29, 1.82) is 0 Å². The summed E-state index contributed by atoms with van der Waals surface area (Å²) >= 11 is 0. The molecule has 1 heterocycles. The summed E-state index contributed by atoms with van der Waals surface area (Å²) in [5.74, 6) is 0.962. The van der Waals surface area contributed by atoms with Crippen LogP contribution in [0.1, 0.15) is 26.2 Å². The lowest BCUT2D eigenvalue weighted by Crippen LogP contribution is -2.49. The zero-order valence-corrected chi connectivity index (χ0v) is 13.1.